The van der Waals surface area contributed by atoms with E-state index in [0.717, 1.165) is 46.1 Å². The van der Waals surface area contributed by atoms with Gasteiger partial charge in [0, 0.05) is 31.2 Å². The maximum atomic E-state index is 13.7. The van der Waals surface area contributed by atoms with Crippen molar-refractivity contribution in [1.82, 2.24) is 24.8 Å². The second kappa shape index (κ2) is 10.4. The number of carbonyl (C=O) groups excluding carboxylic acids is 2. The largest absolute Gasteiger partial charge is 0.368 e. The highest BCUT2D eigenvalue weighted by Crippen LogP contribution is 2.38. The van der Waals surface area contributed by atoms with Gasteiger partial charge in [-0.2, -0.15) is 0 Å². The van der Waals surface area contributed by atoms with Crippen LogP contribution in [0, 0.1) is 5.82 Å². The van der Waals surface area contributed by atoms with Gasteiger partial charge in [-0.3, -0.25) is 14.5 Å². The molecular weight excluding hydrogens is 515 g/mol. The molecule has 1 atom stereocenters. The predicted octanol–water partition coefficient (Wildman–Crippen LogP) is 3.66. The molecule has 0 radical (unpaired) electrons. The van der Waals surface area contributed by atoms with E-state index in [-0.39, 0.29) is 30.1 Å². The number of likely N-dealkylation sites (tertiary alicyclic amines) is 1. The quantitative estimate of drug-likeness (QED) is 0.482. The number of amides is 2. The molecule has 2 aromatic heterocycles. The maximum Gasteiger partial charge on any atom is 0.244 e. The lowest BCUT2D eigenvalue weighted by Crippen LogP contribution is -2.61. The van der Waals surface area contributed by atoms with E-state index in [2.05, 4.69) is 25.8 Å². The average molecular weight is 551 g/mol. The zero-order chi connectivity index (χ0) is 27.9. The van der Waals surface area contributed by atoms with Crippen molar-refractivity contribution >= 4 is 23.2 Å². The van der Waals surface area contributed by atoms with Crippen LogP contribution < -0.4 is 5.73 Å². The highest BCUT2D eigenvalue weighted by molar-refractivity contribution is 7.15. The lowest BCUT2D eigenvalue weighted by Gasteiger charge is -2.38. The number of benzene rings is 1. The van der Waals surface area contributed by atoms with E-state index in [0.29, 0.717) is 30.9 Å². The molecule has 1 aromatic carbocycles. The summed E-state index contributed by atoms with van der Waals surface area (Å²) >= 11 is 1.50. The van der Waals surface area contributed by atoms with Gasteiger partial charge in [0.1, 0.15) is 22.2 Å². The zero-order valence-electron chi connectivity index (χ0n) is 23.0. The molecule has 206 valence electrons. The first-order valence-corrected chi connectivity index (χ1v) is 14.2. The number of carbonyl (C=O) groups is 2. The van der Waals surface area contributed by atoms with Crippen LogP contribution in [0.3, 0.4) is 0 Å². The number of likely N-dealkylation sites (N-methyl/N-ethyl adjacent to an activating group) is 1. The molecule has 39 heavy (non-hydrogen) atoms. The Hall–Kier alpha value is -3.24. The van der Waals surface area contributed by atoms with Crippen LogP contribution in [-0.2, 0) is 40.8 Å². The predicted molar refractivity (Wildman–Crippen MR) is 149 cm³/mol. The smallest absolute Gasteiger partial charge is 0.244 e. The van der Waals surface area contributed by atoms with Gasteiger partial charge >= 0.3 is 0 Å². The van der Waals surface area contributed by atoms with Crippen LogP contribution in [0.15, 0.2) is 30.5 Å². The Morgan fingerprint density at radius 1 is 1.23 bits per heavy atom. The molecule has 10 heteroatoms. The van der Waals surface area contributed by atoms with Gasteiger partial charge in [0.2, 0.25) is 11.8 Å². The first kappa shape index (κ1) is 27.3. The van der Waals surface area contributed by atoms with Gasteiger partial charge in [-0.25, -0.2) is 19.3 Å². The second-order valence-electron chi connectivity index (χ2n) is 11.7. The fourth-order valence-corrected chi connectivity index (χ4v) is 6.77. The van der Waals surface area contributed by atoms with Crippen LogP contribution in [0.2, 0.25) is 0 Å². The van der Waals surface area contributed by atoms with Crippen LogP contribution in [0.1, 0.15) is 61.3 Å². The first-order chi connectivity index (χ1) is 18.5. The number of hydrogen-bond donors (Lipinski definition) is 1. The van der Waals surface area contributed by atoms with E-state index >= 15 is 0 Å². The van der Waals surface area contributed by atoms with Crippen molar-refractivity contribution in [2.75, 3.05) is 20.1 Å². The summed E-state index contributed by atoms with van der Waals surface area (Å²) in [6.07, 6.45) is 4.81. The Labute approximate surface area is 232 Å². The number of aromatic nitrogens is 3. The summed E-state index contributed by atoms with van der Waals surface area (Å²) in [5, 5.41) is 0.715. The number of halogens is 1. The van der Waals surface area contributed by atoms with Gasteiger partial charge in [-0.15, -0.1) is 11.3 Å². The lowest BCUT2D eigenvalue weighted by atomic mass is 9.93. The van der Waals surface area contributed by atoms with Crippen molar-refractivity contribution in [2.45, 2.75) is 70.4 Å². The van der Waals surface area contributed by atoms with Crippen LogP contribution in [0.5, 0.6) is 0 Å². The van der Waals surface area contributed by atoms with Gasteiger partial charge < -0.3 is 10.6 Å². The summed E-state index contributed by atoms with van der Waals surface area (Å²) in [7, 11) is 1.86. The third kappa shape index (κ3) is 5.45. The minimum absolute atomic E-state index is 0.104. The SMILES string of the molecule is CN(Cc1cccc(F)c1)C[C@@]1(C(N)=O)CCCN1C(=O)Cc1nc2c(s1)-c1nc(C(C)(C)C)ncc1CC2. The molecule has 1 fully saturated rings. The van der Waals surface area contributed by atoms with E-state index in [1.165, 1.54) is 23.5 Å². The monoisotopic (exact) mass is 550 g/mol. The number of primary amides is 1. The Kier molecular flexibility index (Phi) is 7.28. The minimum Gasteiger partial charge on any atom is -0.368 e. The van der Waals surface area contributed by atoms with Crippen molar-refractivity contribution in [3.05, 3.63) is 63.9 Å². The minimum atomic E-state index is -1.11. The summed E-state index contributed by atoms with van der Waals surface area (Å²) in [4.78, 5) is 45.4. The summed E-state index contributed by atoms with van der Waals surface area (Å²) in [5.41, 5.74) is 8.44. The molecular formula is C29H35FN6O2S. The fraction of sp³-hybridized carbons (Fsp3) is 0.483. The van der Waals surface area contributed by atoms with Crippen molar-refractivity contribution in [1.29, 1.82) is 0 Å². The summed E-state index contributed by atoms with van der Waals surface area (Å²) in [5.74, 6) is -0.197. The average Bonchev–Trinajstić information content (AvgIpc) is 3.47. The van der Waals surface area contributed by atoms with Gasteiger partial charge in [-0.1, -0.05) is 32.9 Å². The molecule has 2 N–H and O–H groups in total. The number of fused-ring (bicyclic) bond motifs is 3. The van der Waals surface area contributed by atoms with Crippen LogP contribution in [-0.4, -0.2) is 62.2 Å². The van der Waals surface area contributed by atoms with Crippen molar-refractivity contribution < 1.29 is 14.0 Å². The van der Waals surface area contributed by atoms with Crippen LogP contribution in [0.25, 0.3) is 10.6 Å². The number of thiazole rings is 1. The van der Waals surface area contributed by atoms with Crippen LogP contribution in [0.4, 0.5) is 4.39 Å². The van der Waals surface area contributed by atoms with E-state index in [1.54, 1.807) is 11.0 Å². The molecule has 0 unspecified atom stereocenters. The van der Waals surface area contributed by atoms with E-state index in [1.807, 2.05) is 24.2 Å². The highest BCUT2D eigenvalue weighted by atomic mass is 32.1. The molecule has 3 heterocycles. The van der Waals surface area contributed by atoms with Gasteiger partial charge in [0.15, 0.2) is 0 Å². The fourth-order valence-electron chi connectivity index (χ4n) is 5.65. The van der Waals surface area contributed by atoms with Crippen molar-refractivity contribution in [3.8, 4) is 10.6 Å². The molecule has 8 nitrogen and oxygen atoms in total. The molecule has 3 aromatic rings. The second-order valence-corrected chi connectivity index (χ2v) is 12.8. The maximum absolute atomic E-state index is 13.7. The Bertz CT molecular complexity index is 1420. The van der Waals surface area contributed by atoms with E-state index in [4.69, 9.17) is 15.7 Å². The summed E-state index contributed by atoms with van der Waals surface area (Å²) < 4.78 is 13.7. The molecule has 5 rings (SSSR count). The molecule has 2 aliphatic rings. The number of nitrogens with zero attached hydrogens (tertiary/aromatic N) is 5. The first-order valence-electron chi connectivity index (χ1n) is 13.3. The van der Waals surface area contributed by atoms with E-state index < -0.39 is 11.4 Å². The standard InChI is InChI=1S/C29H35FN6O2S/c1-28(2,3)27-32-15-19-9-10-21-25(24(19)34-27)39-22(33-21)14-23(37)36-12-6-11-29(36,26(31)38)17-35(4)16-18-7-5-8-20(30)13-18/h5,7-8,13,15H,6,9-12,14,16-17H2,1-4H3,(H2,31,38)/t29-/m1/s1. The number of aryl methyl sites for hydroxylation is 2. The number of nitrogens with two attached hydrogens (primary N) is 1. The molecule has 1 aliphatic carbocycles. The lowest BCUT2D eigenvalue weighted by molar-refractivity contribution is -0.144. The Balaban J connectivity index is 1.35. The third-order valence-corrected chi connectivity index (χ3v) is 8.65. The topological polar surface area (TPSA) is 105 Å². The Morgan fingerprint density at radius 3 is 2.74 bits per heavy atom. The third-order valence-electron chi connectivity index (χ3n) is 7.55. The highest BCUT2D eigenvalue weighted by Gasteiger charge is 2.49. The van der Waals surface area contributed by atoms with E-state index in [9.17, 15) is 14.0 Å². The molecule has 0 saturated carbocycles. The number of hydrogen-bond acceptors (Lipinski definition) is 7. The van der Waals surface area contributed by atoms with Crippen LogP contribution >= 0.6 is 11.3 Å². The molecule has 1 saturated heterocycles. The van der Waals surface area contributed by atoms with Gasteiger partial charge in [0.25, 0.3) is 0 Å². The summed E-state index contributed by atoms with van der Waals surface area (Å²) in [6, 6.07) is 6.38. The van der Waals surface area contributed by atoms with Gasteiger partial charge in [-0.05, 0) is 56.0 Å². The molecule has 2 amide bonds. The molecule has 0 spiro atoms. The zero-order valence-corrected chi connectivity index (χ0v) is 23.8. The number of rotatable bonds is 7. The van der Waals surface area contributed by atoms with Crippen molar-refractivity contribution in [2.24, 2.45) is 5.73 Å². The molecule has 0 bridgehead atoms. The Morgan fingerprint density at radius 2 is 2.03 bits per heavy atom. The summed E-state index contributed by atoms with van der Waals surface area (Å²) in [6.45, 7) is 7.44. The molecule has 1 aliphatic heterocycles. The van der Waals surface area contributed by atoms with Crippen molar-refractivity contribution in [3.63, 3.8) is 0 Å². The normalized spacial score (nSPS) is 18.8. The van der Waals surface area contributed by atoms with Gasteiger partial charge in [0.05, 0.1) is 22.7 Å².